The summed E-state index contributed by atoms with van der Waals surface area (Å²) >= 11 is 0. The minimum absolute atomic E-state index is 0.463. The molecule has 11 aromatic rings. The minimum Gasteiger partial charge on any atom is -0.228 e. The molecule has 10 aromatic carbocycles. The lowest BCUT2D eigenvalue weighted by Gasteiger charge is -2.34. The Labute approximate surface area is 392 Å². The zero-order valence-electron chi connectivity index (χ0n) is 36.8. The van der Waals surface area contributed by atoms with Gasteiger partial charge < -0.3 is 0 Å². The third-order valence-corrected chi connectivity index (χ3v) is 13.3. The second-order valence-corrected chi connectivity index (χ2v) is 17.3. The highest BCUT2D eigenvalue weighted by Gasteiger charge is 2.46. The molecule has 314 valence electrons. The van der Waals surface area contributed by atoms with Crippen molar-refractivity contribution in [3.63, 3.8) is 0 Å². The zero-order chi connectivity index (χ0) is 44.6. The van der Waals surface area contributed by atoms with Crippen molar-refractivity contribution in [2.24, 2.45) is 0 Å². The summed E-state index contributed by atoms with van der Waals surface area (Å²) in [5, 5.41) is 0. The van der Waals surface area contributed by atoms with Crippen molar-refractivity contribution in [1.82, 2.24) is 9.97 Å². The molecule has 1 aliphatic carbocycles. The number of benzene rings is 10. The molecule has 12 rings (SSSR count). The molecule has 0 bridgehead atoms. The van der Waals surface area contributed by atoms with E-state index in [1.807, 2.05) is 6.07 Å². The van der Waals surface area contributed by atoms with Gasteiger partial charge in [-0.25, -0.2) is 9.97 Å². The number of hydrogen-bond acceptors (Lipinski definition) is 2. The zero-order valence-corrected chi connectivity index (χ0v) is 36.8. The fraction of sp³-hybridized carbons (Fsp3) is 0.0154. The summed E-state index contributed by atoms with van der Waals surface area (Å²) in [4.78, 5) is 10.7. The number of hydrogen-bond donors (Lipinski definition) is 0. The van der Waals surface area contributed by atoms with Crippen LogP contribution in [0, 0.1) is 0 Å². The average molecular weight is 853 g/mol. The number of aromatic nitrogens is 2. The van der Waals surface area contributed by atoms with Gasteiger partial charge in [-0.05, 0) is 114 Å². The summed E-state index contributed by atoms with van der Waals surface area (Å²) in [7, 11) is 0. The number of nitrogens with zero attached hydrogens (tertiary/aromatic N) is 2. The van der Waals surface area contributed by atoms with Crippen LogP contribution in [0.3, 0.4) is 0 Å². The lowest BCUT2D eigenvalue weighted by atomic mass is 9.67. The maximum Gasteiger partial charge on any atom is 0.160 e. The van der Waals surface area contributed by atoms with Crippen LogP contribution in [0.25, 0.3) is 89.5 Å². The molecular weight excluding hydrogens is 809 g/mol. The Morgan fingerprint density at radius 3 is 1.22 bits per heavy atom. The lowest BCUT2D eigenvalue weighted by Crippen LogP contribution is -2.28. The molecule has 2 nitrogen and oxygen atoms in total. The van der Waals surface area contributed by atoms with E-state index in [4.69, 9.17) is 9.97 Å². The van der Waals surface area contributed by atoms with Crippen molar-refractivity contribution in [3.8, 4) is 89.5 Å². The first-order valence-electron chi connectivity index (χ1n) is 23.0. The van der Waals surface area contributed by atoms with Crippen LogP contribution in [0.4, 0.5) is 0 Å². The molecule has 2 heteroatoms. The summed E-state index contributed by atoms with van der Waals surface area (Å²) in [6, 6.07) is 96.1. The highest BCUT2D eigenvalue weighted by atomic mass is 14.9. The second-order valence-electron chi connectivity index (χ2n) is 17.3. The SMILES string of the molecule is c1ccc(-c2cc(-c3ccccc3)cc(-c3cc(-c4ccccc4)nc(-c4cccc(-c5cccc(-c6cccc7c6-c6ccccc6C7(c6ccccc6)c6ccccc6)c5)c4)n3)c2)cc1. The molecule has 1 heterocycles. The molecule has 0 saturated carbocycles. The number of fused-ring (bicyclic) bond motifs is 3. The Balaban J connectivity index is 0.984. The van der Waals surface area contributed by atoms with E-state index in [0.717, 1.165) is 61.5 Å². The molecule has 0 unspecified atom stereocenters. The summed E-state index contributed by atoms with van der Waals surface area (Å²) < 4.78 is 0. The van der Waals surface area contributed by atoms with Crippen LogP contribution >= 0.6 is 0 Å². The topological polar surface area (TPSA) is 25.8 Å². The molecule has 67 heavy (non-hydrogen) atoms. The van der Waals surface area contributed by atoms with E-state index in [1.165, 1.54) is 44.5 Å². The average Bonchev–Trinajstić information content (AvgIpc) is 3.73. The van der Waals surface area contributed by atoms with Gasteiger partial charge in [0.25, 0.3) is 0 Å². The summed E-state index contributed by atoms with van der Waals surface area (Å²) in [5.74, 6) is 0.677. The predicted molar refractivity (Wildman–Crippen MR) is 277 cm³/mol. The lowest BCUT2D eigenvalue weighted by molar-refractivity contribution is 0.768. The van der Waals surface area contributed by atoms with Crippen LogP contribution < -0.4 is 0 Å². The van der Waals surface area contributed by atoms with E-state index < -0.39 is 5.41 Å². The van der Waals surface area contributed by atoms with Crippen LogP contribution in [-0.2, 0) is 5.41 Å². The largest absolute Gasteiger partial charge is 0.228 e. The van der Waals surface area contributed by atoms with Crippen molar-refractivity contribution in [2.75, 3.05) is 0 Å². The predicted octanol–water partition coefficient (Wildman–Crippen LogP) is 16.5. The van der Waals surface area contributed by atoms with Crippen molar-refractivity contribution < 1.29 is 0 Å². The first-order valence-corrected chi connectivity index (χ1v) is 23.0. The smallest absolute Gasteiger partial charge is 0.160 e. The van der Waals surface area contributed by atoms with Crippen molar-refractivity contribution >= 4 is 0 Å². The second kappa shape index (κ2) is 17.0. The van der Waals surface area contributed by atoms with Gasteiger partial charge in [0.05, 0.1) is 16.8 Å². The molecule has 0 spiro atoms. The molecule has 1 aliphatic rings. The number of rotatable bonds is 9. The van der Waals surface area contributed by atoms with Gasteiger partial charge in [0, 0.05) is 16.7 Å². The van der Waals surface area contributed by atoms with E-state index in [2.05, 4.69) is 261 Å². The van der Waals surface area contributed by atoms with E-state index in [9.17, 15) is 0 Å². The molecule has 0 atom stereocenters. The molecule has 0 saturated heterocycles. The van der Waals surface area contributed by atoms with Crippen LogP contribution in [0.2, 0.25) is 0 Å². The van der Waals surface area contributed by atoms with Gasteiger partial charge in [-0.2, -0.15) is 0 Å². The monoisotopic (exact) mass is 852 g/mol. The van der Waals surface area contributed by atoms with Crippen LogP contribution in [0.15, 0.2) is 267 Å². The Morgan fingerprint density at radius 1 is 0.239 bits per heavy atom. The standard InChI is InChI=1S/C65H44N2/c1-6-21-45(22-7-1)52-41-53(46-23-8-2-9-24-46)43-54(42-52)62-44-61(47-25-10-3-11-26-47)66-64(67-62)51-30-19-28-49(40-51)48-27-18-29-50(39-48)57-36-20-38-60-63(57)58-35-16-17-37-59(58)65(60,55-31-12-4-13-32-55)56-33-14-5-15-34-56/h1-44H. The van der Waals surface area contributed by atoms with Gasteiger partial charge in [0.15, 0.2) is 5.82 Å². The third-order valence-electron chi connectivity index (χ3n) is 13.3. The van der Waals surface area contributed by atoms with Crippen LogP contribution in [0.1, 0.15) is 22.3 Å². The van der Waals surface area contributed by atoms with Crippen LogP contribution in [0.5, 0.6) is 0 Å². The van der Waals surface area contributed by atoms with E-state index in [-0.39, 0.29) is 0 Å². The molecule has 1 aromatic heterocycles. The fourth-order valence-corrected chi connectivity index (χ4v) is 10.3. The summed E-state index contributed by atoms with van der Waals surface area (Å²) in [6.45, 7) is 0. The third kappa shape index (κ3) is 7.17. The Morgan fingerprint density at radius 2 is 0.627 bits per heavy atom. The van der Waals surface area contributed by atoms with Crippen molar-refractivity contribution in [3.05, 3.63) is 289 Å². The van der Waals surface area contributed by atoms with Gasteiger partial charge in [0.2, 0.25) is 0 Å². The van der Waals surface area contributed by atoms with Crippen LogP contribution in [-0.4, -0.2) is 9.97 Å². The van der Waals surface area contributed by atoms with Gasteiger partial charge >= 0.3 is 0 Å². The molecule has 0 aliphatic heterocycles. The van der Waals surface area contributed by atoms with Gasteiger partial charge in [0.1, 0.15) is 0 Å². The Hall–Kier alpha value is -8.72. The maximum absolute atomic E-state index is 5.38. The van der Waals surface area contributed by atoms with E-state index in [0.29, 0.717) is 5.82 Å². The van der Waals surface area contributed by atoms with E-state index in [1.54, 1.807) is 0 Å². The summed E-state index contributed by atoms with van der Waals surface area (Å²) in [6.07, 6.45) is 0. The Kier molecular flexibility index (Phi) is 10.1. The molecule has 0 radical (unpaired) electrons. The van der Waals surface area contributed by atoms with Gasteiger partial charge in [-0.3, -0.25) is 0 Å². The molecule has 0 N–H and O–H groups in total. The van der Waals surface area contributed by atoms with Crippen molar-refractivity contribution in [2.45, 2.75) is 5.41 Å². The minimum atomic E-state index is -0.463. The molecule has 0 fully saturated rings. The first-order chi connectivity index (χ1) is 33.2. The van der Waals surface area contributed by atoms with E-state index >= 15 is 0 Å². The fourth-order valence-electron chi connectivity index (χ4n) is 10.3. The summed E-state index contributed by atoms with van der Waals surface area (Å²) in [5.41, 5.74) is 21.2. The van der Waals surface area contributed by atoms with Crippen molar-refractivity contribution in [1.29, 1.82) is 0 Å². The molecule has 0 amide bonds. The highest BCUT2D eigenvalue weighted by molar-refractivity contribution is 5.96. The van der Waals surface area contributed by atoms with Gasteiger partial charge in [-0.1, -0.05) is 231 Å². The van der Waals surface area contributed by atoms with Gasteiger partial charge in [-0.15, -0.1) is 0 Å². The molecular formula is C65H44N2. The highest BCUT2D eigenvalue weighted by Crippen LogP contribution is 2.58. The quantitative estimate of drug-likeness (QED) is 0.145. The Bertz CT molecular complexity index is 3450. The maximum atomic E-state index is 5.38. The first kappa shape index (κ1) is 39.8. The normalized spacial score (nSPS) is 12.3.